The molecule has 0 saturated carbocycles. The van der Waals surface area contributed by atoms with Gasteiger partial charge in [0, 0.05) is 36.9 Å². The zero-order valence-electron chi connectivity index (χ0n) is 15.7. The largest absolute Gasteiger partial charge is 0.494 e. The van der Waals surface area contributed by atoms with Gasteiger partial charge in [-0.2, -0.15) is 5.10 Å². The first kappa shape index (κ1) is 17.7. The molecule has 1 heterocycles. The molecule has 0 amide bonds. The molecule has 2 aromatic carbocycles. The van der Waals surface area contributed by atoms with Gasteiger partial charge in [0.05, 0.1) is 24.0 Å². The van der Waals surface area contributed by atoms with Crippen LogP contribution >= 0.6 is 0 Å². The lowest BCUT2D eigenvalue weighted by atomic mass is 10.1. The summed E-state index contributed by atoms with van der Waals surface area (Å²) in [4.78, 5) is 6.67. The van der Waals surface area contributed by atoms with Crippen molar-refractivity contribution in [3.8, 4) is 5.75 Å². The van der Waals surface area contributed by atoms with E-state index in [2.05, 4.69) is 32.5 Å². The Kier molecular flexibility index (Phi) is 5.37. The SMILES string of the molecule is CCOc1ccc2c(N/N=C/c3ccc(N(C)C)cc3)cc(C)nc2c1. The predicted molar refractivity (Wildman–Crippen MR) is 110 cm³/mol. The molecule has 0 atom stereocenters. The lowest BCUT2D eigenvalue weighted by Gasteiger charge is -2.11. The number of rotatable bonds is 6. The van der Waals surface area contributed by atoms with Crippen molar-refractivity contribution in [2.75, 3.05) is 31.0 Å². The number of anilines is 2. The van der Waals surface area contributed by atoms with Crippen molar-refractivity contribution in [1.82, 2.24) is 4.98 Å². The Morgan fingerprint density at radius 3 is 2.58 bits per heavy atom. The molecule has 0 unspecified atom stereocenters. The minimum absolute atomic E-state index is 0.638. The Balaban J connectivity index is 1.81. The highest BCUT2D eigenvalue weighted by atomic mass is 16.5. The molecule has 0 aliphatic rings. The summed E-state index contributed by atoms with van der Waals surface area (Å²) in [5, 5.41) is 5.40. The van der Waals surface area contributed by atoms with Gasteiger partial charge in [0.25, 0.3) is 0 Å². The third-order valence-electron chi connectivity index (χ3n) is 4.03. The predicted octanol–water partition coefficient (Wildman–Crippen LogP) is 4.45. The zero-order chi connectivity index (χ0) is 18.5. The van der Waals surface area contributed by atoms with Crippen molar-refractivity contribution in [2.24, 2.45) is 5.10 Å². The molecule has 1 N–H and O–H groups in total. The summed E-state index contributed by atoms with van der Waals surface area (Å²) in [6.45, 7) is 4.58. The van der Waals surface area contributed by atoms with Gasteiger partial charge in [0.15, 0.2) is 0 Å². The quantitative estimate of drug-likeness (QED) is 0.528. The van der Waals surface area contributed by atoms with Crippen LogP contribution in [-0.4, -0.2) is 31.9 Å². The van der Waals surface area contributed by atoms with E-state index < -0.39 is 0 Å². The van der Waals surface area contributed by atoms with E-state index in [1.165, 1.54) is 0 Å². The number of hydrogen-bond donors (Lipinski definition) is 1. The van der Waals surface area contributed by atoms with E-state index >= 15 is 0 Å². The van der Waals surface area contributed by atoms with Gasteiger partial charge in [-0.3, -0.25) is 10.4 Å². The molecule has 26 heavy (non-hydrogen) atoms. The highest BCUT2D eigenvalue weighted by Gasteiger charge is 2.05. The van der Waals surface area contributed by atoms with Crippen LogP contribution in [-0.2, 0) is 0 Å². The van der Waals surface area contributed by atoms with E-state index in [0.29, 0.717) is 6.61 Å². The van der Waals surface area contributed by atoms with E-state index in [4.69, 9.17) is 4.74 Å². The van der Waals surface area contributed by atoms with Gasteiger partial charge in [-0.1, -0.05) is 12.1 Å². The Hall–Kier alpha value is -3.08. The first-order valence-corrected chi connectivity index (χ1v) is 8.67. The number of pyridine rings is 1. The number of nitrogens with zero attached hydrogens (tertiary/aromatic N) is 3. The third kappa shape index (κ3) is 4.11. The zero-order valence-corrected chi connectivity index (χ0v) is 15.7. The topological polar surface area (TPSA) is 49.8 Å². The molecule has 0 radical (unpaired) electrons. The maximum Gasteiger partial charge on any atom is 0.121 e. The van der Waals surface area contributed by atoms with Crippen LogP contribution in [0.2, 0.25) is 0 Å². The molecule has 0 aliphatic carbocycles. The summed E-state index contributed by atoms with van der Waals surface area (Å²) >= 11 is 0. The lowest BCUT2D eigenvalue weighted by molar-refractivity contribution is 0.340. The van der Waals surface area contributed by atoms with Crippen LogP contribution in [0, 0.1) is 6.92 Å². The van der Waals surface area contributed by atoms with Crippen molar-refractivity contribution in [1.29, 1.82) is 0 Å². The Bertz CT molecular complexity index is 917. The second-order valence-corrected chi connectivity index (χ2v) is 6.28. The normalized spacial score (nSPS) is 11.1. The summed E-state index contributed by atoms with van der Waals surface area (Å²) in [6, 6.07) is 16.2. The van der Waals surface area contributed by atoms with Gasteiger partial charge < -0.3 is 9.64 Å². The number of aryl methyl sites for hydroxylation is 1. The number of fused-ring (bicyclic) bond motifs is 1. The Labute approximate surface area is 154 Å². The van der Waals surface area contributed by atoms with Crippen molar-refractivity contribution in [2.45, 2.75) is 13.8 Å². The average molecular weight is 348 g/mol. The fraction of sp³-hybridized carbons (Fsp3) is 0.238. The summed E-state index contributed by atoms with van der Waals surface area (Å²) in [5.74, 6) is 0.827. The maximum absolute atomic E-state index is 5.57. The van der Waals surface area contributed by atoms with E-state index in [1.807, 2.05) is 70.6 Å². The minimum atomic E-state index is 0.638. The highest BCUT2D eigenvalue weighted by molar-refractivity contribution is 5.92. The molecular weight excluding hydrogens is 324 g/mol. The van der Waals surface area contributed by atoms with Crippen LogP contribution in [0.4, 0.5) is 11.4 Å². The van der Waals surface area contributed by atoms with Crippen molar-refractivity contribution in [3.63, 3.8) is 0 Å². The van der Waals surface area contributed by atoms with Gasteiger partial charge in [0.1, 0.15) is 5.75 Å². The number of hydrazone groups is 1. The van der Waals surface area contributed by atoms with Gasteiger partial charge >= 0.3 is 0 Å². The first-order chi connectivity index (χ1) is 12.6. The lowest BCUT2D eigenvalue weighted by Crippen LogP contribution is -2.08. The Morgan fingerprint density at radius 2 is 1.88 bits per heavy atom. The number of hydrogen-bond acceptors (Lipinski definition) is 5. The summed E-state index contributed by atoms with van der Waals surface area (Å²) < 4.78 is 5.57. The number of aromatic nitrogens is 1. The van der Waals surface area contributed by atoms with Gasteiger partial charge in [-0.25, -0.2) is 0 Å². The van der Waals surface area contributed by atoms with Crippen LogP contribution in [0.5, 0.6) is 5.75 Å². The molecule has 0 aliphatic heterocycles. The van der Waals surface area contributed by atoms with Gasteiger partial charge in [-0.05, 0) is 49.7 Å². The molecule has 3 rings (SSSR count). The molecular formula is C21H24N4O. The number of nitrogens with one attached hydrogen (secondary N) is 1. The molecule has 5 heteroatoms. The van der Waals surface area contributed by atoms with Crippen molar-refractivity contribution < 1.29 is 4.74 Å². The highest BCUT2D eigenvalue weighted by Crippen LogP contribution is 2.27. The molecule has 5 nitrogen and oxygen atoms in total. The number of benzene rings is 2. The van der Waals surface area contributed by atoms with Crippen molar-refractivity contribution in [3.05, 3.63) is 59.8 Å². The standard InChI is InChI=1S/C21H24N4O/c1-5-26-18-10-11-19-20(13-18)23-15(2)12-21(19)24-22-14-16-6-8-17(9-7-16)25(3)4/h6-14H,5H2,1-4H3,(H,23,24)/b22-14+. The third-order valence-corrected chi connectivity index (χ3v) is 4.03. The van der Waals surface area contributed by atoms with Crippen LogP contribution in [0.1, 0.15) is 18.2 Å². The fourth-order valence-electron chi connectivity index (χ4n) is 2.72. The number of ether oxygens (including phenoxy) is 1. The van der Waals surface area contributed by atoms with Crippen LogP contribution in [0.15, 0.2) is 53.6 Å². The molecule has 0 fully saturated rings. The first-order valence-electron chi connectivity index (χ1n) is 8.67. The minimum Gasteiger partial charge on any atom is -0.494 e. The molecule has 134 valence electrons. The van der Waals surface area contributed by atoms with Gasteiger partial charge in [0.2, 0.25) is 0 Å². The van der Waals surface area contributed by atoms with Crippen molar-refractivity contribution >= 4 is 28.5 Å². The van der Waals surface area contributed by atoms with E-state index in [9.17, 15) is 0 Å². The summed E-state index contributed by atoms with van der Waals surface area (Å²) in [7, 11) is 4.05. The molecule has 0 saturated heterocycles. The molecule has 0 spiro atoms. The van der Waals surface area contributed by atoms with Crippen LogP contribution < -0.4 is 15.1 Å². The average Bonchev–Trinajstić information content (AvgIpc) is 2.62. The van der Waals surface area contributed by atoms with Crippen LogP contribution in [0.25, 0.3) is 10.9 Å². The monoisotopic (exact) mass is 348 g/mol. The molecule has 1 aromatic heterocycles. The van der Waals surface area contributed by atoms with E-state index in [-0.39, 0.29) is 0 Å². The van der Waals surface area contributed by atoms with Crippen LogP contribution in [0.3, 0.4) is 0 Å². The second kappa shape index (κ2) is 7.87. The summed E-state index contributed by atoms with van der Waals surface area (Å²) in [6.07, 6.45) is 1.82. The Morgan fingerprint density at radius 1 is 1.12 bits per heavy atom. The second-order valence-electron chi connectivity index (χ2n) is 6.28. The van der Waals surface area contributed by atoms with Gasteiger partial charge in [-0.15, -0.1) is 0 Å². The maximum atomic E-state index is 5.57. The fourth-order valence-corrected chi connectivity index (χ4v) is 2.72. The molecule has 0 bridgehead atoms. The summed E-state index contributed by atoms with van der Waals surface area (Å²) in [5.41, 5.74) is 8.10. The van der Waals surface area contributed by atoms with E-state index in [0.717, 1.165) is 39.3 Å². The van der Waals surface area contributed by atoms with E-state index in [1.54, 1.807) is 0 Å². The smallest absolute Gasteiger partial charge is 0.121 e. The molecule has 3 aromatic rings.